The van der Waals surface area contributed by atoms with Gasteiger partial charge in [0.25, 0.3) is 17.2 Å². The predicted octanol–water partition coefficient (Wildman–Crippen LogP) is 3.71. The lowest BCUT2D eigenvalue weighted by molar-refractivity contribution is -0.384. The number of nitrogens with zero attached hydrogens (tertiary/aromatic N) is 5. The standard InChI is InChI=1S/C23H22N6O4/c1-14(2)13-27-23(31)19-7-5-4-6-18(19)21(26-27)22(30)24-20-12-15(3)25-28(20)16-8-10-17(11-9-16)29(32)33/h4-12,14H,13H2,1-3H3,(H,24,30). The van der Waals surface area contributed by atoms with E-state index in [1.54, 1.807) is 49.4 Å². The second-order valence-electron chi connectivity index (χ2n) is 8.09. The Morgan fingerprint density at radius 1 is 1.09 bits per heavy atom. The summed E-state index contributed by atoms with van der Waals surface area (Å²) in [6.07, 6.45) is 0. The third kappa shape index (κ3) is 4.36. The van der Waals surface area contributed by atoms with Crippen molar-refractivity contribution in [2.75, 3.05) is 5.32 Å². The number of nitro benzene ring substituents is 1. The monoisotopic (exact) mass is 446 g/mol. The molecule has 0 saturated carbocycles. The van der Waals surface area contributed by atoms with E-state index in [0.717, 1.165) is 0 Å². The molecule has 4 aromatic rings. The predicted molar refractivity (Wildman–Crippen MR) is 124 cm³/mol. The topological polar surface area (TPSA) is 125 Å². The molecule has 168 valence electrons. The van der Waals surface area contributed by atoms with Gasteiger partial charge >= 0.3 is 0 Å². The maximum Gasteiger partial charge on any atom is 0.277 e. The molecule has 1 N–H and O–H groups in total. The number of non-ortho nitro benzene ring substituents is 1. The van der Waals surface area contributed by atoms with Gasteiger partial charge in [0.15, 0.2) is 5.69 Å². The summed E-state index contributed by atoms with van der Waals surface area (Å²) in [6, 6.07) is 14.4. The van der Waals surface area contributed by atoms with E-state index in [0.29, 0.717) is 34.5 Å². The van der Waals surface area contributed by atoms with Crippen LogP contribution in [0.4, 0.5) is 11.5 Å². The summed E-state index contributed by atoms with van der Waals surface area (Å²) >= 11 is 0. The summed E-state index contributed by atoms with van der Waals surface area (Å²) in [5.74, 6) is 0.0455. The number of rotatable bonds is 6. The Kier molecular flexibility index (Phi) is 5.74. The molecule has 4 rings (SSSR count). The van der Waals surface area contributed by atoms with Gasteiger partial charge in [-0.3, -0.25) is 19.7 Å². The molecule has 33 heavy (non-hydrogen) atoms. The van der Waals surface area contributed by atoms with Crippen LogP contribution in [-0.2, 0) is 6.54 Å². The lowest BCUT2D eigenvalue weighted by Gasteiger charge is -2.13. The van der Waals surface area contributed by atoms with Gasteiger partial charge in [0.1, 0.15) is 5.82 Å². The lowest BCUT2D eigenvalue weighted by Crippen LogP contribution is -2.29. The number of carbonyl (C=O) groups is 1. The fourth-order valence-corrected chi connectivity index (χ4v) is 3.55. The summed E-state index contributed by atoms with van der Waals surface area (Å²) in [5, 5.41) is 23.4. The summed E-state index contributed by atoms with van der Waals surface area (Å²) in [4.78, 5) is 36.6. The largest absolute Gasteiger partial charge is 0.305 e. The number of carbonyl (C=O) groups excluding carboxylic acids is 1. The Morgan fingerprint density at radius 3 is 2.39 bits per heavy atom. The van der Waals surface area contributed by atoms with Crippen molar-refractivity contribution in [3.8, 4) is 5.69 Å². The third-order valence-electron chi connectivity index (χ3n) is 5.00. The molecule has 0 aliphatic rings. The van der Waals surface area contributed by atoms with E-state index in [9.17, 15) is 19.7 Å². The average molecular weight is 446 g/mol. The van der Waals surface area contributed by atoms with Gasteiger partial charge < -0.3 is 5.32 Å². The maximum atomic E-state index is 13.3. The van der Waals surface area contributed by atoms with Crippen LogP contribution >= 0.6 is 0 Å². The van der Waals surface area contributed by atoms with Crippen molar-refractivity contribution in [1.82, 2.24) is 19.6 Å². The van der Waals surface area contributed by atoms with Gasteiger partial charge in [0, 0.05) is 30.1 Å². The highest BCUT2D eigenvalue weighted by Crippen LogP contribution is 2.22. The highest BCUT2D eigenvalue weighted by Gasteiger charge is 2.19. The molecule has 10 nitrogen and oxygen atoms in total. The summed E-state index contributed by atoms with van der Waals surface area (Å²) in [5.41, 5.74) is 1.02. The van der Waals surface area contributed by atoms with E-state index in [-0.39, 0.29) is 22.9 Å². The van der Waals surface area contributed by atoms with E-state index < -0.39 is 10.8 Å². The normalized spacial score (nSPS) is 11.2. The van der Waals surface area contributed by atoms with Gasteiger partial charge in [0.2, 0.25) is 0 Å². The molecular weight excluding hydrogens is 424 g/mol. The molecule has 0 radical (unpaired) electrons. The zero-order chi connectivity index (χ0) is 23.7. The van der Waals surface area contributed by atoms with Crippen LogP contribution in [0.25, 0.3) is 16.5 Å². The van der Waals surface area contributed by atoms with E-state index >= 15 is 0 Å². The van der Waals surface area contributed by atoms with Gasteiger partial charge in [-0.2, -0.15) is 10.2 Å². The van der Waals surface area contributed by atoms with Crippen LogP contribution < -0.4 is 10.9 Å². The number of nitrogens with one attached hydrogen (secondary N) is 1. The first-order chi connectivity index (χ1) is 15.7. The number of amides is 1. The van der Waals surface area contributed by atoms with Crippen molar-refractivity contribution in [1.29, 1.82) is 0 Å². The second-order valence-corrected chi connectivity index (χ2v) is 8.09. The molecule has 0 atom stereocenters. The third-order valence-corrected chi connectivity index (χ3v) is 5.00. The minimum atomic E-state index is -0.494. The van der Waals surface area contributed by atoms with Crippen LogP contribution in [-0.4, -0.2) is 30.4 Å². The van der Waals surface area contributed by atoms with Gasteiger partial charge in [-0.25, -0.2) is 9.36 Å². The molecular formula is C23H22N6O4. The van der Waals surface area contributed by atoms with Crippen molar-refractivity contribution < 1.29 is 9.72 Å². The van der Waals surface area contributed by atoms with E-state index in [1.807, 2.05) is 13.8 Å². The number of aromatic nitrogens is 4. The molecule has 2 aromatic carbocycles. The quantitative estimate of drug-likeness (QED) is 0.356. The molecule has 0 fully saturated rings. The van der Waals surface area contributed by atoms with Crippen LogP contribution in [0.1, 0.15) is 30.0 Å². The molecule has 1 amide bonds. The summed E-state index contributed by atoms with van der Waals surface area (Å²) in [7, 11) is 0. The number of anilines is 1. The Labute approximate surface area is 188 Å². The molecule has 2 aromatic heterocycles. The first-order valence-corrected chi connectivity index (χ1v) is 10.4. The molecule has 0 spiro atoms. The van der Waals surface area contributed by atoms with Gasteiger partial charge in [-0.15, -0.1) is 0 Å². The highest BCUT2D eigenvalue weighted by atomic mass is 16.6. The van der Waals surface area contributed by atoms with Crippen molar-refractivity contribution >= 4 is 28.2 Å². The average Bonchev–Trinajstić information content (AvgIpc) is 3.15. The smallest absolute Gasteiger partial charge is 0.277 e. The van der Waals surface area contributed by atoms with Crippen molar-refractivity contribution in [3.63, 3.8) is 0 Å². The van der Waals surface area contributed by atoms with Crippen LogP contribution in [0, 0.1) is 23.0 Å². The lowest BCUT2D eigenvalue weighted by atomic mass is 10.1. The van der Waals surface area contributed by atoms with E-state index in [1.165, 1.54) is 21.5 Å². The Bertz CT molecular complexity index is 1420. The number of benzene rings is 2. The summed E-state index contributed by atoms with van der Waals surface area (Å²) in [6.45, 7) is 6.08. The molecule has 0 unspecified atom stereocenters. The van der Waals surface area contributed by atoms with Crippen molar-refractivity contribution in [2.45, 2.75) is 27.3 Å². The van der Waals surface area contributed by atoms with Crippen molar-refractivity contribution in [2.24, 2.45) is 5.92 Å². The maximum absolute atomic E-state index is 13.3. The Hall–Kier alpha value is -4.34. The van der Waals surface area contributed by atoms with E-state index in [2.05, 4.69) is 15.5 Å². The van der Waals surface area contributed by atoms with Crippen molar-refractivity contribution in [3.05, 3.63) is 86.5 Å². The summed E-state index contributed by atoms with van der Waals surface area (Å²) < 4.78 is 2.81. The van der Waals surface area contributed by atoms with Crippen LogP contribution in [0.15, 0.2) is 59.4 Å². The fourth-order valence-electron chi connectivity index (χ4n) is 3.55. The molecule has 10 heteroatoms. The molecule has 0 saturated heterocycles. The zero-order valence-electron chi connectivity index (χ0n) is 18.3. The minimum absolute atomic E-state index is 0.0451. The minimum Gasteiger partial charge on any atom is -0.305 e. The Morgan fingerprint density at radius 2 is 1.76 bits per heavy atom. The van der Waals surface area contributed by atoms with Crippen LogP contribution in [0.5, 0.6) is 0 Å². The number of hydrogen-bond acceptors (Lipinski definition) is 6. The highest BCUT2D eigenvalue weighted by molar-refractivity contribution is 6.10. The van der Waals surface area contributed by atoms with Gasteiger partial charge in [-0.1, -0.05) is 32.0 Å². The van der Waals surface area contributed by atoms with Gasteiger partial charge in [-0.05, 0) is 31.0 Å². The molecule has 0 aliphatic heterocycles. The first kappa shape index (κ1) is 21.9. The number of nitro groups is 1. The van der Waals surface area contributed by atoms with Gasteiger partial charge in [0.05, 0.1) is 21.7 Å². The number of fused-ring (bicyclic) bond motifs is 1. The Balaban J connectivity index is 1.75. The SMILES string of the molecule is Cc1cc(NC(=O)c2nn(CC(C)C)c(=O)c3ccccc23)n(-c2ccc([N+](=O)[O-])cc2)n1. The fraction of sp³-hybridized carbons (Fsp3) is 0.217. The second kappa shape index (κ2) is 8.65. The first-order valence-electron chi connectivity index (χ1n) is 10.4. The molecule has 0 bridgehead atoms. The molecule has 0 aliphatic carbocycles. The zero-order valence-corrected chi connectivity index (χ0v) is 18.3. The molecule has 2 heterocycles. The van der Waals surface area contributed by atoms with Crippen LogP contribution in [0.3, 0.4) is 0 Å². The number of aryl methyl sites for hydroxylation is 1. The number of hydrogen-bond donors (Lipinski definition) is 1. The van der Waals surface area contributed by atoms with Crippen LogP contribution in [0.2, 0.25) is 0 Å². The van der Waals surface area contributed by atoms with E-state index in [4.69, 9.17) is 0 Å².